The average Bonchev–Trinajstić information content (AvgIpc) is 2.82. The van der Waals surface area contributed by atoms with Crippen LogP contribution in [-0.2, 0) is 0 Å². The number of aliphatic hydroxyl groups is 1. The van der Waals surface area contributed by atoms with Crippen molar-refractivity contribution in [3.8, 4) is 22.6 Å². The summed E-state index contributed by atoms with van der Waals surface area (Å²) in [5.41, 5.74) is 2.63. The highest BCUT2D eigenvalue weighted by Gasteiger charge is 2.17. The van der Waals surface area contributed by atoms with Gasteiger partial charge in [0, 0.05) is 44.8 Å². The topological polar surface area (TPSA) is 75.4 Å². The van der Waals surface area contributed by atoms with E-state index in [1.807, 2.05) is 37.3 Å². The number of benzene rings is 2. The highest BCUT2D eigenvalue weighted by molar-refractivity contribution is 5.85. The van der Waals surface area contributed by atoms with Crippen molar-refractivity contribution in [1.82, 2.24) is 9.80 Å². The third-order valence-corrected chi connectivity index (χ3v) is 6.09. The molecule has 0 bridgehead atoms. The lowest BCUT2D eigenvalue weighted by molar-refractivity contribution is 0.101. The minimum absolute atomic E-state index is 0.0631. The zero-order valence-electron chi connectivity index (χ0n) is 18.7. The molecule has 0 atom stereocenters. The Morgan fingerprint density at radius 2 is 1.69 bits per heavy atom. The van der Waals surface area contributed by atoms with Crippen LogP contribution in [-0.4, -0.2) is 74.5 Å². The van der Waals surface area contributed by atoms with Crippen LogP contribution < -0.4 is 14.9 Å². The first-order chi connectivity index (χ1) is 15.6. The number of rotatable bonds is 8. The van der Waals surface area contributed by atoms with Crippen LogP contribution >= 0.6 is 0 Å². The van der Waals surface area contributed by atoms with Crippen molar-refractivity contribution in [2.75, 3.05) is 59.6 Å². The molecule has 0 spiro atoms. The molecule has 0 unspecified atom stereocenters. The number of hydrogen-bond donors (Lipinski definition) is 1. The third-order valence-electron chi connectivity index (χ3n) is 6.09. The summed E-state index contributed by atoms with van der Waals surface area (Å²) in [5.74, 6) is 1.47. The van der Waals surface area contributed by atoms with Gasteiger partial charge in [0.25, 0.3) is 0 Å². The maximum atomic E-state index is 13.1. The van der Waals surface area contributed by atoms with Gasteiger partial charge in [-0.15, -0.1) is 0 Å². The van der Waals surface area contributed by atoms with Gasteiger partial charge in [0.15, 0.2) is 0 Å². The van der Waals surface area contributed by atoms with E-state index in [1.165, 1.54) is 6.26 Å². The van der Waals surface area contributed by atoms with Crippen LogP contribution in [0.4, 0.5) is 0 Å². The summed E-state index contributed by atoms with van der Waals surface area (Å²) in [6.07, 6.45) is 1.52. The predicted molar refractivity (Wildman–Crippen MR) is 125 cm³/mol. The molecule has 32 heavy (non-hydrogen) atoms. The van der Waals surface area contributed by atoms with E-state index in [0.717, 1.165) is 61.9 Å². The molecule has 4 rings (SSSR count). The molecule has 2 heterocycles. The first kappa shape index (κ1) is 22.3. The van der Waals surface area contributed by atoms with E-state index >= 15 is 0 Å². The Balaban J connectivity index is 1.44. The Kier molecular flexibility index (Phi) is 7.09. The predicted octanol–water partition coefficient (Wildman–Crippen LogP) is 2.77. The second kappa shape index (κ2) is 10.2. The summed E-state index contributed by atoms with van der Waals surface area (Å²) in [7, 11) is 1.61. The van der Waals surface area contributed by atoms with Gasteiger partial charge in [-0.1, -0.05) is 12.1 Å². The van der Waals surface area contributed by atoms with Crippen molar-refractivity contribution >= 4 is 11.0 Å². The molecule has 1 aromatic heterocycles. The summed E-state index contributed by atoms with van der Waals surface area (Å²) >= 11 is 0. The Bertz CT molecular complexity index is 1100. The Morgan fingerprint density at radius 1 is 1.00 bits per heavy atom. The van der Waals surface area contributed by atoms with Gasteiger partial charge in [-0.3, -0.25) is 14.6 Å². The number of fused-ring (bicyclic) bond motifs is 1. The minimum atomic E-state index is -0.0631. The second-order valence-corrected chi connectivity index (χ2v) is 8.03. The molecule has 1 saturated heterocycles. The largest absolute Gasteiger partial charge is 0.497 e. The maximum absolute atomic E-state index is 13.1. The molecule has 0 saturated carbocycles. The van der Waals surface area contributed by atoms with E-state index in [0.29, 0.717) is 23.1 Å². The normalized spacial score (nSPS) is 15.2. The maximum Gasteiger partial charge on any atom is 0.200 e. The fourth-order valence-corrected chi connectivity index (χ4v) is 4.11. The van der Waals surface area contributed by atoms with E-state index < -0.39 is 0 Å². The minimum Gasteiger partial charge on any atom is -0.497 e. The summed E-state index contributed by atoms with van der Waals surface area (Å²) in [4.78, 5) is 17.7. The number of hydrogen-bond acceptors (Lipinski definition) is 7. The van der Waals surface area contributed by atoms with Crippen LogP contribution in [0.5, 0.6) is 11.5 Å². The summed E-state index contributed by atoms with van der Waals surface area (Å²) in [6.45, 7) is 8.17. The smallest absolute Gasteiger partial charge is 0.200 e. The molecule has 170 valence electrons. The van der Waals surface area contributed by atoms with Crippen LogP contribution in [0.1, 0.15) is 5.56 Å². The van der Waals surface area contributed by atoms with Crippen molar-refractivity contribution in [1.29, 1.82) is 0 Å². The lowest BCUT2D eigenvalue weighted by atomic mass is 10.0. The van der Waals surface area contributed by atoms with Gasteiger partial charge in [-0.05, 0) is 36.8 Å². The molecule has 7 nitrogen and oxygen atoms in total. The number of methoxy groups -OCH3 is 1. The number of ether oxygens (including phenoxy) is 2. The van der Waals surface area contributed by atoms with Crippen molar-refractivity contribution in [3.63, 3.8) is 0 Å². The van der Waals surface area contributed by atoms with Gasteiger partial charge >= 0.3 is 0 Å². The van der Waals surface area contributed by atoms with Crippen LogP contribution in [0.15, 0.2) is 51.9 Å². The van der Waals surface area contributed by atoms with E-state index in [9.17, 15) is 4.79 Å². The van der Waals surface area contributed by atoms with Gasteiger partial charge in [0.2, 0.25) is 5.43 Å². The monoisotopic (exact) mass is 438 g/mol. The lowest BCUT2D eigenvalue weighted by Gasteiger charge is -2.34. The fraction of sp³-hybridized carbons (Fsp3) is 0.400. The number of β-amino-alcohol motifs (C(OH)–C–C–N with tert-alkyl or cyclic N) is 1. The molecule has 1 aliphatic heterocycles. The molecule has 7 heteroatoms. The number of nitrogens with zero attached hydrogens (tertiary/aromatic N) is 2. The Labute approximate surface area is 187 Å². The van der Waals surface area contributed by atoms with Crippen LogP contribution in [0, 0.1) is 6.92 Å². The van der Waals surface area contributed by atoms with Crippen molar-refractivity contribution in [2.45, 2.75) is 6.92 Å². The Hall–Kier alpha value is -2.87. The van der Waals surface area contributed by atoms with Gasteiger partial charge in [-0.25, -0.2) is 0 Å². The first-order valence-corrected chi connectivity index (χ1v) is 11.0. The Morgan fingerprint density at radius 3 is 2.34 bits per heavy atom. The zero-order chi connectivity index (χ0) is 22.5. The fourth-order valence-electron chi connectivity index (χ4n) is 4.11. The summed E-state index contributed by atoms with van der Waals surface area (Å²) in [5, 5.41) is 9.60. The van der Waals surface area contributed by atoms with E-state index in [4.69, 9.17) is 19.0 Å². The highest BCUT2D eigenvalue weighted by atomic mass is 16.5. The molecule has 1 aliphatic rings. The molecule has 1 fully saturated rings. The van der Waals surface area contributed by atoms with Crippen molar-refractivity contribution in [2.24, 2.45) is 0 Å². The second-order valence-electron chi connectivity index (χ2n) is 8.03. The standard InChI is InChI=1S/C25H30N2O5/c1-18-23(31-16-14-27-11-9-26(10-12-27)13-15-28)8-7-21-24(29)22(17-32-25(18)21)19-3-5-20(30-2)6-4-19/h3-8,17,28H,9-16H2,1-2H3. The quantitative estimate of drug-likeness (QED) is 0.580. The number of piperazine rings is 1. The molecular formula is C25H30N2O5. The highest BCUT2D eigenvalue weighted by Crippen LogP contribution is 2.28. The van der Waals surface area contributed by atoms with Gasteiger partial charge in [-0.2, -0.15) is 0 Å². The van der Waals surface area contributed by atoms with E-state index in [-0.39, 0.29) is 12.0 Å². The lowest BCUT2D eigenvalue weighted by Crippen LogP contribution is -2.48. The molecule has 0 aliphatic carbocycles. The van der Waals surface area contributed by atoms with Gasteiger partial charge in [0.1, 0.15) is 30.0 Å². The molecule has 3 aromatic rings. The number of aliphatic hydroxyl groups excluding tert-OH is 1. The van der Waals surface area contributed by atoms with Crippen molar-refractivity contribution < 1.29 is 19.0 Å². The van der Waals surface area contributed by atoms with Crippen LogP contribution in [0.3, 0.4) is 0 Å². The molecule has 1 N–H and O–H groups in total. The number of aryl methyl sites for hydroxylation is 1. The van der Waals surface area contributed by atoms with Gasteiger partial charge < -0.3 is 19.0 Å². The molecule has 2 aromatic carbocycles. The zero-order valence-corrected chi connectivity index (χ0v) is 18.7. The van der Waals surface area contributed by atoms with E-state index in [2.05, 4.69) is 9.80 Å². The first-order valence-electron chi connectivity index (χ1n) is 11.0. The molecular weight excluding hydrogens is 408 g/mol. The molecule has 0 radical (unpaired) electrons. The van der Waals surface area contributed by atoms with Crippen LogP contribution in [0.25, 0.3) is 22.1 Å². The third kappa shape index (κ3) is 4.80. The van der Waals surface area contributed by atoms with Crippen molar-refractivity contribution in [3.05, 3.63) is 58.4 Å². The van der Waals surface area contributed by atoms with Gasteiger partial charge in [0.05, 0.1) is 24.7 Å². The molecule has 0 amide bonds. The summed E-state index contributed by atoms with van der Waals surface area (Å²) < 4.78 is 17.1. The summed E-state index contributed by atoms with van der Waals surface area (Å²) in [6, 6.07) is 11.0. The van der Waals surface area contributed by atoms with Crippen LogP contribution in [0.2, 0.25) is 0 Å². The SMILES string of the molecule is COc1ccc(-c2coc3c(C)c(OCCN4CCN(CCO)CC4)ccc3c2=O)cc1. The van der Waals surface area contributed by atoms with E-state index in [1.54, 1.807) is 13.2 Å². The average molecular weight is 439 g/mol.